The third-order valence-corrected chi connectivity index (χ3v) is 1.90. The van der Waals surface area contributed by atoms with Crippen molar-refractivity contribution in [3.05, 3.63) is 33.1 Å². The molecule has 8 heteroatoms. The van der Waals surface area contributed by atoms with Gasteiger partial charge >= 0.3 is 0 Å². The van der Waals surface area contributed by atoms with Crippen molar-refractivity contribution >= 4 is 11.6 Å². The van der Waals surface area contributed by atoms with Gasteiger partial charge in [-0.2, -0.15) is 0 Å². The molecule has 0 saturated carbocycles. The standard InChI is InChI=1S/C8H7F2N3O3/c1-3-2-12-5(7(9)10)4(8(11)14)6(3)13(15)16/h2,7H,1H3,(H2,11,14). The second-order valence-electron chi connectivity index (χ2n) is 2.97. The van der Waals surface area contributed by atoms with Crippen molar-refractivity contribution in [1.29, 1.82) is 0 Å². The van der Waals surface area contributed by atoms with E-state index in [1.807, 2.05) is 0 Å². The van der Waals surface area contributed by atoms with E-state index >= 15 is 0 Å². The summed E-state index contributed by atoms with van der Waals surface area (Å²) in [7, 11) is 0. The van der Waals surface area contributed by atoms with E-state index < -0.39 is 34.2 Å². The van der Waals surface area contributed by atoms with Crippen molar-refractivity contribution in [3.63, 3.8) is 0 Å². The lowest BCUT2D eigenvalue weighted by molar-refractivity contribution is -0.385. The highest BCUT2D eigenvalue weighted by atomic mass is 19.3. The molecule has 0 unspecified atom stereocenters. The molecule has 0 atom stereocenters. The molecule has 1 rings (SSSR count). The van der Waals surface area contributed by atoms with Crippen LogP contribution in [0.3, 0.4) is 0 Å². The average Bonchev–Trinajstić information content (AvgIpc) is 2.15. The van der Waals surface area contributed by atoms with Crippen LogP contribution in [0.5, 0.6) is 0 Å². The molecule has 0 spiro atoms. The zero-order valence-electron chi connectivity index (χ0n) is 8.11. The van der Waals surface area contributed by atoms with Gasteiger partial charge in [-0.25, -0.2) is 8.78 Å². The second kappa shape index (κ2) is 4.17. The molecule has 1 aromatic rings. The highest BCUT2D eigenvalue weighted by molar-refractivity contribution is 5.98. The third kappa shape index (κ3) is 1.95. The molecule has 0 aliphatic heterocycles. The van der Waals surface area contributed by atoms with Crippen molar-refractivity contribution in [2.75, 3.05) is 0 Å². The number of pyridine rings is 1. The smallest absolute Gasteiger partial charge is 0.288 e. The minimum absolute atomic E-state index is 0.00296. The van der Waals surface area contributed by atoms with Gasteiger partial charge in [-0.05, 0) is 6.92 Å². The summed E-state index contributed by atoms with van der Waals surface area (Å²) in [5.41, 5.74) is 2.32. The number of alkyl halides is 2. The molecule has 0 saturated heterocycles. The highest BCUT2D eigenvalue weighted by Crippen LogP contribution is 2.29. The fourth-order valence-electron chi connectivity index (χ4n) is 1.25. The van der Waals surface area contributed by atoms with Gasteiger partial charge in [0, 0.05) is 11.8 Å². The highest BCUT2D eigenvalue weighted by Gasteiger charge is 2.29. The van der Waals surface area contributed by atoms with Crippen LogP contribution in [-0.4, -0.2) is 15.8 Å². The Bertz CT molecular complexity index is 462. The first kappa shape index (κ1) is 12.0. The summed E-state index contributed by atoms with van der Waals surface area (Å²) in [6, 6.07) is 0. The molecule has 0 aliphatic carbocycles. The van der Waals surface area contributed by atoms with Crippen LogP contribution in [-0.2, 0) is 0 Å². The first-order valence-electron chi connectivity index (χ1n) is 4.08. The molecule has 0 radical (unpaired) electrons. The van der Waals surface area contributed by atoms with Gasteiger partial charge in [0.05, 0.1) is 4.92 Å². The lowest BCUT2D eigenvalue weighted by Crippen LogP contribution is -2.18. The van der Waals surface area contributed by atoms with Gasteiger partial charge in [0.25, 0.3) is 18.0 Å². The predicted molar refractivity (Wildman–Crippen MR) is 49.1 cm³/mol. The fourth-order valence-corrected chi connectivity index (χ4v) is 1.25. The maximum absolute atomic E-state index is 12.5. The van der Waals surface area contributed by atoms with Gasteiger partial charge < -0.3 is 5.73 Å². The van der Waals surface area contributed by atoms with Crippen LogP contribution in [0.25, 0.3) is 0 Å². The van der Waals surface area contributed by atoms with Crippen LogP contribution in [0, 0.1) is 17.0 Å². The van der Waals surface area contributed by atoms with Crippen molar-refractivity contribution in [3.8, 4) is 0 Å². The van der Waals surface area contributed by atoms with Gasteiger partial charge in [0.2, 0.25) is 0 Å². The Balaban J connectivity index is 3.63. The Hall–Kier alpha value is -2.12. The summed E-state index contributed by atoms with van der Waals surface area (Å²) >= 11 is 0. The van der Waals surface area contributed by atoms with E-state index in [0.29, 0.717) is 0 Å². The Morgan fingerprint density at radius 3 is 2.56 bits per heavy atom. The molecule has 16 heavy (non-hydrogen) atoms. The van der Waals surface area contributed by atoms with Crippen LogP contribution >= 0.6 is 0 Å². The summed E-state index contributed by atoms with van der Waals surface area (Å²) in [4.78, 5) is 24.0. The Labute approximate surface area is 88.2 Å². The molecule has 2 N–H and O–H groups in total. The summed E-state index contributed by atoms with van der Waals surface area (Å²) in [6.45, 7) is 1.28. The molecule has 0 fully saturated rings. The monoisotopic (exact) mass is 231 g/mol. The number of amides is 1. The molecule has 86 valence electrons. The van der Waals surface area contributed by atoms with Crippen LogP contribution < -0.4 is 5.73 Å². The lowest BCUT2D eigenvalue weighted by Gasteiger charge is -2.06. The maximum atomic E-state index is 12.5. The minimum atomic E-state index is -3.10. The minimum Gasteiger partial charge on any atom is -0.365 e. The van der Waals surface area contributed by atoms with Gasteiger partial charge in [-0.3, -0.25) is 19.9 Å². The first-order chi connectivity index (χ1) is 7.36. The van der Waals surface area contributed by atoms with E-state index in [-0.39, 0.29) is 5.56 Å². The third-order valence-electron chi connectivity index (χ3n) is 1.90. The van der Waals surface area contributed by atoms with E-state index in [4.69, 9.17) is 5.73 Å². The zero-order valence-corrected chi connectivity index (χ0v) is 8.11. The summed E-state index contributed by atoms with van der Waals surface area (Å²) in [5, 5.41) is 10.6. The Kier molecular flexibility index (Phi) is 3.11. The fraction of sp³-hybridized carbons (Fsp3) is 0.250. The van der Waals surface area contributed by atoms with E-state index in [2.05, 4.69) is 4.98 Å². The van der Waals surface area contributed by atoms with Gasteiger partial charge in [0.1, 0.15) is 11.3 Å². The van der Waals surface area contributed by atoms with Crippen LogP contribution in [0.2, 0.25) is 0 Å². The first-order valence-corrected chi connectivity index (χ1v) is 4.08. The number of aromatic nitrogens is 1. The van der Waals surface area contributed by atoms with Crippen molar-refractivity contribution in [2.24, 2.45) is 5.73 Å². The number of hydrogen-bond acceptors (Lipinski definition) is 4. The number of carbonyl (C=O) groups excluding carboxylic acids is 1. The number of primary amides is 1. The quantitative estimate of drug-likeness (QED) is 0.626. The second-order valence-corrected chi connectivity index (χ2v) is 2.97. The van der Waals surface area contributed by atoms with E-state index in [9.17, 15) is 23.7 Å². The normalized spacial score (nSPS) is 10.5. The van der Waals surface area contributed by atoms with Crippen molar-refractivity contribution in [1.82, 2.24) is 4.98 Å². The van der Waals surface area contributed by atoms with Crippen LogP contribution in [0.4, 0.5) is 14.5 Å². The molecule has 0 bridgehead atoms. The molecule has 1 heterocycles. The van der Waals surface area contributed by atoms with Gasteiger partial charge in [-0.15, -0.1) is 0 Å². The van der Waals surface area contributed by atoms with Gasteiger partial charge in [0.15, 0.2) is 0 Å². The number of hydrogen-bond donors (Lipinski definition) is 1. The largest absolute Gasteiger partial charge is 0.365 e. The summed E-state index contributed by atoms with van der Waals surface area (Å²) in [6.07, 6.45) is -2.19. The average molecular weight is 231 g/mol. The van der Waals surface area contributed by atoms with Crippen LogP contribution in [0.1, 0.15) is 28.0 Å². The molecule has 0 aliphatic rings. The van der Waals surface area contributed by atoms with E-state index in [0.717, 1.165) is 6.20 Å². The van der Waals surface area contributed by atoms with Crippen molar-refractivity contribution in [2.45, 2.75) is 13.3 Å². The van der Waals surface area contributed by atoms with E-state index in [1.54, 1.807) is 0 Å². The number of nitrogens with zero attached hydrogens (tertiary/aromatic N) is 2. The number of aryl methyl sites for hydroxylation is 1. The molecule has 1 amide bonds. The number of nitro groups is 1. The topological polar surface area (TPSA) is 99.1 Å². The molecular formula is C8H7F2N3O3. The number of nitrogens with two attached hydrogens (primary N) is 1. The lowest BCUT2D eigenvalue weighted by atomic mass is 10.1. The predicted octanol–water partition coefficient (Wildman–Crippen LogP) is 1.33. The maximum Gasteiger partial charge on any atom is 0.288 e. The SMILES string of the molecule is Cc1cnc(C(F)F)c(C(N)=O)c1[N+](=O)[O-]. The molecular weight excluding hydrogens is 224 g/mol. The molecule has 0 aromatic carbocycles. The number of halogens is 2. The van der Waals surface area contributed by atoms with Crippen molar-refractivity contribution < 1.29 is 18.5 Å². The van der Waals surface area contributed by atoms with E-state index in [1.165, 1.54) is 6.92 Å². The van der Waals surface area contributed by atoms with Crippen LogP contribution in [0.15, 0.2) is 6.20 Å². The molecule has 1 aromatic heterocycles. The molecule has 6 nitrogen and oxygen atoms in total. The number of rotatable bonds is 3. The summed E-state index contributed by atoms with van der Waals surface area (Å²) < 4.78 is 24.9. The summed E-state index contributed by atoms with van der Waals surface area (Å²) in [5.74, 6) is -1.29. The zero-order chi connectivity index (χ0) is 12.5. The number of carbonyl (C=O) groups is 1. The Morgan fingerprint density at radius 2 is 2.19 bits per heavy atom. The Morgan fingerprint density at radius 1 is 1.62 bits per heavy atom. The van der Waals surface area contributed by atoms with Gasteiger partial charge in [-0.1, -0.05) is 0 Å².